The number of benzene rings is 8. The summed E-state index contributed by atoms with van der Waals surface area (Å²) in [6, 6.07) is 12.3. The molecule has 0 unspecified atom stereocenters. The van der Waals surface area contributed by atoms with Crippen LogP contribution in [-0.2, 0) is 0 Å². The van der Waals surface area contributed by atoms with E-state index in [0.717, 1.165) is 5.39 Å². The van der Waals surface area contributed by atoms with Crippen molar-refractivity contribution in [1.82, 2.24) is 15.0 Å². The van der Waals surface area contributed by atoms with Gasteiger partial charge in [0.05, 0.1) is 20.6 Å². The fraction of sp³-hybridized carbons (Fsp3) is 0. The van der Waals surface area contributed by atoms with Gasteiger partial charge in [-0.25, -0.2) is 15.0 Å². The molecule has 11 rings (SSSR count). The van der Waals surface area contributed by atoms with Gasteiger partial charge in [0.15, 0.2) is 17.5 Å². The van der Waals surface area contributed by atoms with Gasteiger partial charge < -0.3 is 8.83 Å². The van der Waals surface area contributed by atoms with E-state index in [1.54, 1.807) is 48.5 Å². The first-order valence-corrected chi connectivity index (χ1v) is 16.1. The van der Waals surface area contributed by atoms with Gasteiger partial charge in [-0.1, -0.05) is 121 Å². The molecular weight excluding hydrogens is 639 g/mol. The Bertz CT molecular complexity index is 4060. The van der Waals surface area contributed by atoms with Crippen LogP contribution in [0.1, 0.15) is 20.6 Å². The van der Waals surface area contributed by atoms with E-state index in [1.807, 2.05) is 24.3 Å². The molecule has 0 aliphatic heterocycles. The summed E-state index contributed by atoms with van der Waals surface area (Å²) in [4.78, 5) is 14.0. The summed E-state index contributed by atoms with van der Waals surface area (Å²) in [6.07, 6.45) is 0. The standard InChI is InChI=1S/C47H27N3O2/c1-2-10-29(11-3-1)45-48-46(33-19-22-35-32(25-33)18-17-28-9-4-5-12-34(28)35)50-47(49-45)37-14-8-16-43-44(37)39-27-31(21-24-42(39)52-43)30-20-23-41-38(26-30)36-13-6-7-15-40(36)51-41/h1-27H/i4D,5D,8D,9D,12D,14D,16D,17D,18D,19D,21D,22D,24D,25D,27D. The molecule has 0 N–H and O–H groups in total. The Balaban J connectivity index is 1.24. The van der Waals surface area contributed by atoms with E-state index in [2.05, 4.69) is 9.97 Å². The van der Waals surface area contributed by atoms with Crippen LogP contribution >= 0.6 is 0 Å². The number of furan rings is 2. The lowest BCUT2D eigenvalue weighted by Gasteiger charge is -2.10. The molecule has 0 atom stereocenters. The van der Waals surface area contributed by atoms with Crippen molar-refractivity contribution in [2.24, 2.45) is 0 Å². The molecule has 0 saturated heterocycles. The monoisotopic (exact) mass is 680 g/mol. The quantitative estimate of drug-likeness (QED) is 0.173. The van der Waals surface area contributed by atoms with Crippen molar-refractivity contribution in [2.75, 3.05) is 0 Å². The Morgan fingerprint density at radius 2 is 1.15 bits per heavy atom. The summed E-state index contributed by atoms with van der Waals surface area (Å²) >= 11 is 0. The number of para-hydroxylation sites is 1. The SMILES string of the molecule is [2H]c1c(-c2ccc3oc4ccccc4c3c2)c([2H])c2c(oc3c([2H])c([2H])c([2H])c(-c4nc(-c5ccccc5)nc(-c5c([2H])c([2H])c6c(c5[2H])c([2H])c([2H])c5c([2H])c([2H])c([2H])c([2H])c56)n4)c32)c1[2H]. The van der Waals surface area contributed by atoms with Crippen LogP contribution in [0.4, 0.5) is 0 Å². The van der Waals surface area contributed by atoms with Crippen molar-refractivity contribution in [2.45, 2.75) is 0 Å². The van der Waals surface area contributed by atoms with Crippen LogP contribution < -0.4 is 0 Å². The molecule has 8 aromatic carbocycles. The molecule has 11 aromatic rings. The van der Waals surface area contributed by atoms with Gasteiger partial charge >= 0.3 is 0 Å². The first-order valence-electron chi connectivity index (χ1n) is 23.6. The lowest BCUT2D eigenvalue weighted by molar-refractivity contribution is 0.668. The van der Waals surface area contributed by atoms with Gasteiger partial charge in [0.2, 0.25) is 0 Å². The fourth-order valence-corrected chi connectivity index (χ4v) is 6.48. The second-order valence-corrected chi connectivity index (χ2v) is 12.0. The van der Waals surface area contributed by atoms with Crippen molar-refractivity contribution < 1.29 is 29.4 Å². The average Bonchev–Trinajstić information content (AvgIpc) is 3.91. The molecular formula is C47H27N3O2. The molecule has 0 fully saturated rings. The highest BCUT2D eigenvalue weighted by molar-refractivity contribution is 6.13. The molecule has 5 heteroatoms. The first kappa shape index (κ1) is 17.7. The van der Waals surface area contributed by atoms with Gasteiger partial charge in [0.1, 0.15) is 22.3 Å². The third-order valence-corrected chi connectivity index (χ3v) is 8.92. The molecule has 3 aromatic heterocycles. The Hall–Kier alpha value is -7.11. The van der Waals surface area contributed by atoms with Gasteiger partial charge in [-0.05, 0) is 75.0 Å². The number of hydrogen-bond acceptors (Lipinski definition) is 5. The second-order valence-electron chi connectivity index (χ2n) is 12.0. The maximum Gasteiger partial charge on any atom is 0.164 e. The summed E-state index contributed by atoms with van der Waals surface area (Å²) in [6.45, 7) is 0. The van der Waals surface area contributed by atoms with Crippen LogP contribution in [0.15, 0.2) is 172 Å². The van der Waals surface area contributed by atoms with Crippen LogP contribution in [0.5, 0.6) is 0 Å². The van der Waals surface area contributed by atoms with Gasteiger partial charge in [-0.2, -0.15) is 0 Å². The Labute approximate surface area is 318 Å². The molecule has 0 radical (unpaired) electrons. The van der Waals surface area contributed by atoms with Crippen molar-refractivity contribution in [3.05, 3.63) is 163 Å². The van der Waals surface area contributed by atoms with Crippen LogP contribution in [0.25, 0.3) is 111 Å². The maximum absolute atomic E-state index is 9.70. The third-order valence-electron chi connectivity index (χ3n) is 8.92. The maximum atomic E-state index is 9.70. The van der Waals surface area contributed by atoms with Crippen molar-refractivity contribution >= 4 is 65.4 Å². The zero-order chi connectivity index (χ0) is 47.2. The number of hydrogen-bond donors (Lipinski definition) is 0. The first-order chi connectivity index (χ1) is 32.0. The lowest BCUT2D eigenvalue weighted by Crippen LogP contribution is -2.00. The fourth-order valence-electron chi connectivity index (χ4n) is 6.48. The highest BCUT2D eigenvalue weighted by Gasteiger charge is 2.19. The van der Waals surface area contributed by atoms with Crippen molar-refractivity contribution in [3.8, 4) is 45.3 Å². The smallest absolute Gasteiger partial charge is 0.164 e. The number of nitrogens with zero attached hydrogens (tertiary/aromatic N) is 3. The Kier molecular flexibility index (Phi) is 3.81. The predicted molar refractivity (Wildman–Crippen MR) is 211 cm³/mol. The van der Waals surface area contributed by atoms with Crippen LogP contribution in [0, 0.1) is 0 Å². The molecule has 0 saturated carbocycles. The van der Waals surface area contributed by atoms with E-state index in [-0.39, 0.29) is 78.3 Å². The Morgan fingerprint density at radius 1 is 0.404 bits per heavy atom. The highest BCUT2D eigenvalue weighted by atomic mass is 16.3. The van der Waals surface area contributed by atoms with E-state index in [0.29, 0.717) is 27.7 Å². The molecule has 0 spiro atoms. The van der Waals surface area contributed by atoms with Gasteiger partial charge in [-0.3, -0.25) is 0 Å². The third kappa shape index (κ3) is 4.53. The van der Waals surface area contributed by atoms with E-state index in [1.165, 1.54) is 0 Å². The van der Waals surface area contributed by atoms with E-state index in [4.69, 9.17) is 26.2 Å². The molecule has 0 aliphatic carbocycles. The zero-order valence-electron chi connectivity index (χ0n) is 41.6. The van der Waals surface area contributed by atoms with E-state index in [9.17, 15) is 8.22 Å². The minimum absolute atomic E-state index is 0.0295. The van der Waals surface area contributed by atoms with Crippen LogP contribution in [0.2, 0.25) is 0 Å². The normalized spacial score (nSPS) is 15.9. The minimum Gasteiger partial charge on any atom is -0.456 e. The lowest BCUT2D eigenvalue weighted by atomic mass is 9.99. The summed E-state index contributed by atoms with van der Waals surface area (Å²) in [5.74, 6) is -0.844. The van der Waals surface area contributed by atoms with E-state index < -0.39 is 89.9 Å². The summed E-state index contributed by atoms with van der Waals surface area (Å²) in [5, 5.41) is -0.0346. The largest absolute Gasteiger partial charge is 0.456 e. The molecule has 0 amide bonds. The molecule has 5 nitrogen and oxygen atoms in total. The Morgan fingerprint density at radius 3 is 2.10 bits per heavy atom. The predicted octanol–water partition coefficient (Wildman–Crippen LogP) is 12.6. The van der Waals surface area contributed by atoms with Gasteiger partial charge in [-0.15, -0.1) is 0 Å². The van der Waals surface area contributed by atoms with Gasteiger partial charge in [0, 0.05) is 38.2 Å². The number of rotatable bonds is 4. The second kappa shape index (κ2) is 11.2. The van der Waals surface area contributed by atoms with E-state index >= 15 is 0 Å². The summed E-state index contributed by atoms with van der Waals surface area (Å²) in [7, 11) is 0. The number of aromatic nitrogens is 3. The van der Waals surface area contributed by atoms with Crippen LogP contribution in [-0.4, -0.2) is 15.0 Å². The zero-order valence-corrected chi connectivity index (χ0v) is 26.6. The summed E-state index contributed by atoms with van der Waals surface area (Å²) in [5.41, 5.74) is 0.752. The molecule has 52 heavy (non-hydrogen) atoms. The topological polar surface area (TPSA) is 65.0 Å². The van der Waals surface area contributed by atoms with Crippen molar-refractivity contribution in [3.63, 3.8) is 0 Å². The van der Waals surface area contributed by atoms with Gasteiger partial charge in [0.25, 0.3) is 0 Å². The summed E-state index contributed by atoms with van der Waals surface area (Å²) < 4.78 is 147. The molecule has 0 bridgehead atoms. The minimum atomic E-state index is -0.672. The highest BCUT2D eigenvalue weighted by Crippen LogP contribution is 2.40. The molecule has 242 valence electrons. The average molecular weight is 681 g/mol. The van der Waals surface area contributed by atoms with Crippen molar-refractivity contribution in [1.29, 1.82) is 0 Å². The molecule has 0 aliphatic rings. The van der Waals surface area contributed by atoms with Crippen LogP contribution in [0.3, 0.4) is 0 Å². The number of fused-ring (bicyclic) bond motifs is 9. The molecule has 3 heterocycles.